The summed E-state index contributed by atoms with van der Waals surface area (Å²) in [7, 11) is 0. The number of rotatable bonds is 9. The lowest BCUT2D eigenvalue weighted by Gasteiger charge is -2.21. The number of aryl methyl sites for hydroxylation is 2. The summed E-state index contributed by atoms with van der Waals surface area (Å²) in [5.74, 6) is 0.191. The smallest absolute Gasteiger partial charge is 0.0483 e. The number of anilines is 1. The fraction of sp³-hybridized carbons (Fsp3) is 0.353. The molecular weight excluding hydrogens is 450 g/mol. The topological polar surface area (TPSA) is 13.1 Å². The summed E-state index contributed by atoms with van der Waals surface area (Å²) >= 11 is 0. The lowest BCUT2D eigenvalue weighted by atomic mass is 9.84. The van der Waals surface area contributed by atoms with E-state index in [1.807, 2.05) is 0 Å². The van der Waals surface area contributed by atoms with Crippen LogP contribution in [-0.4, -0.2) is 22.2 Å². The zero-order valence-corrected chi connectivity index (χ0v) is 22.6. The maximum atomic E-state index is 2.56. The summed E-state index contributed by atoms with van der Waals surface area (Å²) in [6.45, 7) is 11.2. The summed E-state index contributed by atoms with van der Waals surface area (Å²) in [5.41, 5.74) is 9.89. The van der Waals surface area contributed by atoms with Gasteiger partial charge in [-0.1, -0.05) is 69.3 Å². The monoisotopic (exact) mass is 489 g/mol. The largest absolute Gasteiger partial charge is 0.371 e. The molecule has 3 nitrogen and oxygen atoms in total. The molecule has 0 radical (unpaired) electrons. The van der Waals surface area contributed by atoms with Crippen molar-refractivity contribution in [2.45, 2.75) is 65.5 Å². The van der Waals surface area contributed by atoms with Crippen LogP contribution in [0.1, 0.15) is 68.2 Å². The summed E-state index contributed by atoms with van der Waals surface area (Å²) in [4.78, 5) is 2.56. The van der Waals surface area contributed by atoms with Gasteiger partial charge in [0.25, 0.3) is 0 Å². The molecule has 190 valence electrons. The molecule has 0 saturated heterocycles. The molecule has 1 aliphatic heterocycles. The Hall–Kier alpha value is -3.46. The van der Waals surface area contributed by atoms with E-state index in [1.165, 1.54) is 56.2 Å². The van der Waals surface area contributed by atoms with Crippen molar-refractivity contribution in [1.29, 1.82) is 0 Å². The predicted molar refractivity (Wildman–Crippen MR) is 158 cm³/mol. The molecule has 37 heavy (non-hydrogen) atoms. The third-order valence-electron chi connectivity index (χ3n) is 8.11. The highest BCUT2D eigenvalue weighted by Crippen LogP contribution is 2.43. The molecule has 0 unspecified atom stereocenters. The molecule has 0 bridgehead atoms. The maximum absolute atomic E-state index is 2.56. The summed E-state index contributed by atoms with van der Waals surface area (Å²) in [6.07, 6.45) is 9.49. The Bertz CT molecular complexity index is 1450. The van der Waals surface area contributed by atoms with E-state index >= 15 is 0 Å². The normalized spacial score (nSPS) is 13.4. The average Bonchev–Trinajstić information content (AvgIpc) is 3.60. The van der Waals surface area contributed by atoms with Crippen molar-refractivity contribution in [2.75, 3.05) is 18.0 Å². The zero-order valence-electron chi connectivity index (χ0n) is 22.6. The van der Waals surface area contributed by atoms with Gasteiger partial charge in [0.1, 0.15) is 0 Å². The fourth-order valence-corrected chi connectivity index (χ4v) is 6.56. The van der Waals surface area contributed by atoms with Gasteiger partial charge in [-0.25, -0.2) is 0 Å². The third-order valence-corrected chi connectivity index (χ3v) is 8.11. The van der Waals surface area contributed by atoms with Gasteiger partial charge in [0.05, 0.1) is 0 Å². The summed E-state index contributed by atoms with van der Waals surface area (Å²) in [6, 6.07) is 25.3. The number of para-hydroxylation sites is 2. The molecule has 6 rings (SSSR count). The van der Waals surface area contributed by atoms with Crippen LogP contribution in [0.5, 0.6) is 0 Å². The molecule has 3 heterocycles. The van der Waals surface area contributed by atoms with E-state index in [1.54, 1.807) is 0 Å². The molecule has 0 aliphatic carbocycles. The molecule has 5 aromatic rings. The van der Waals surface area contributed by atoms with Crippen LogP contribution in [0.3, 0.4) is 0 Å². The first-order valence-electron chi connectivity index (χ1n) is 14.3. The Kier molecular flexibility index (Phi) is 6.54. The van der Waals surface area contributed by atoms with Crippen LogP contribution in [-0.2, 0) is 19.5 Å². The van der Waals surface area contributed by atoms with Crippen LogP contribution in [0.25, 0.3) is 21.8 Å². The van der Waals surface area contributed by atoms with E-state index in [2.05, 4.69) is 114 Å². The van der Waals surface area contributed by atoms with Crippen molar-refractivity contribution in [3.05, 3.63) is 101 Å². The van der Waals surface area contributed by atoms with E-state index in [0.717, 1.165) is 45.4 Å². The first kappa shape index (κ1) is 23.9. The Morgan fingerprint density at radius 2 is 1.24 bits per heavy atom. The van der Waals surface area contributed by atoms with E-state index in [9.17, 15) is 0 Å². The van der Waals surface area contributed by atoms with E-state index in [-0.39, 0.29) is 5.92 Å². The van der Waals surface area contributed by atoms with Gasteiger partial charge in [-0.2, -0.15) is 0 Å². The number of hydrogen-bond donors (Lipinski definition) is 0. The van der Waals surface area contributed by atoms with Gasteiger partial charge in [0.2, 0.25) is 0 Å². The van der Waals surface area contributed by atoms with E-state index in [0.29, 0.717) is 0 Å². The van der Waals surface area contributed by atoms with Crippen molar-refractivity contribution in [2.24, 2.45) is 0 Å². The lowest BCUT2D eigenvalue weighted by Crippen LogP contribution is -2.20. The Labute approximate surface area is 221 Å². The number of nitrogens with zero attached hydrogens (tertiary/aromatic N) is 3. The first-order valence-corrected chi connectivity index (χ1v) is 14.3. The molecular formula is C34H39N3. The number of aromatic nitrogens is 2. The second-order valence-corrected chi connectivity index (χ2v) is 10.6. The molecule has 0 N–H and O–H groups in total. The van der Waals surface area contributed by atoms with Gasteiger partial charge in [0.15, 0.2) is 0 Å². The van der Waals surface area contributed by atoms with E-state index < -0.39 is 0 Å². The minimum atomic E-state index is 0.191. The van der Waals surface area contributed by atoms with Crippen LogP contribution in [0.2, 0.25) is 0 Å². The Balaban J connectivity index is 1.59. The highest BCUT2D eigenvalue weighted by Gasteiger charge is 2.27. The highest BCUT2D eigenvalue weighted by atomic mass is 15.1. The summed E-state index contributed by atoms with van der Waals surface area (Å²) in [5, 5.41) is 2.75. The molecule has 0 fully saturated rings. The quantitative estimate of drug-likeness (QED) is 0.203. The third kappa shape index (κ3) is 4.15. The van der Waals surface area contributed by atoms with Gasteiger partial charge >= 0.3 is 0 Å². The van der Waals surface area contributed by atoms with Gasteiger partial charge < -0.3 is 14.0 Å². The van der Waals surface area contributed by atoms with Crippen LogP contribution in [0, 0.1) is 0 Å². The Morgan fingerprint density at radius 3 is 1.81 bits per heavy atom. The molecule has 0 atom stereocenters. The number of fused-ring (bicyclic) bond motifs is 3. The van der Waals surface area contributed by atoms with Gasteiger partial charge in [-0.15, -0.1) is 0 Å². The van der Waals surface area contributed by atoms with Crippen LogP contribution < -0.4 is 4.90 Å². The molecule has 0 spiro atoms. The minimum Gasteiger partial charge on any atom is -0.371 e. The Morgan fingerprint density at radius 1 is 0.676 bits per heavy atom. The molecule has 0 saturated carbocycles. The second-order valence-electron chi connectivity index (χ2n) is 10.6. The van der Waals surface area contributed by atoms with Gasteiger partial charge in [-0.05, 0) is 66.1 Å². The standard InChI is InChI=1S/C34H39N3/c1-4-18-35-21-17-25-22-26(15-16-31(25)35)34(29-23-36(19-5-2)32-13-9-7-11-27(29)32)30-24-37(20-6-3)33-14-10-8-12-28(30)33/h7-16,22-24,34H,4-6,17-21H2,1-3H3. The van der Waals surface area contributed by atoms with Crippen molar-refractivity contribution in [1.82, 2.24) is 9.13 Å². The summed E-state index contributed by atoms with van der Waals surface area (Å²) < 4.78 is 4.94. The fourth-order valence-electron chi connectivity index (χ4n) is 6.56. The van der Waals surface area contributed by atoms with Crippen LogP contribution in [0.15, 0.2) is 79.1 Å². The van der Waals surface area contributed by atoms with Crippen molar-refractivity contribution < 1.29 is 0 Å². The SMILES string of the molecule is CCCN1CCc2cc(C(c3cn(CCC)c4ccccc34)c3cn(CCC)c4ccccc34)ccc21. The van der Waals surface area contributed by atoms with Crippen molar-refractivity contribution >= 4 is 27.5 Å². The van der Waals surface area contributed by atoms with Crippen molar-refractivity contribution in [3.63, 3.8) is 0 Å². The predicted octanol–water partition coefficient (Wildman–Crippen LogP) is 8.37. The maximum Gasteiger partial charge on any atom is 0.0483 e. The number of hydrogen-bond acceptors (Lipinski definition) is 1. The molecule has 0 amide bonds. The van der Waals surface area contributed by atoms with Crippen LogP contribution >= 0.6 is 0 Å². The molecule has 3 heteroatoms. The molecule has 3 aromatic carbocycles. The zero-order chi connectivity index (χ0) is 25.4. The first-order chi connectivity index (χ1) is 18.2. The highest BCUT2D eigenvalue weighted by molar-refractivity contribution is 5.90. The second kappa shape index (κ2) is 10.1. The average molecular weight is 490 g/mol. The molecule has 1 aliphatic rings. The minimum absolute atomic E-state index is 0.191. The molecule has 2 aromatic heterocycles. The van der Waals surface area contributed by atoms with E-state index in [4.69, 9.17) is 0 Å². The number of benzene rings is 3. The van der Waals surface area contributed by atoms with Crippen LogP contribution in [0.4, 0.5) is 5.69 Å². The van der Waals surface area contributed by atoms with Crippen molar-refractivity contribution in [3.8, 4) is 0 Å². The van der Waals surface area contributed by atoms with Gasteiger partial charge in [-0.3, -0.25) is 0 Å². The van der Waals surface area contributed by atoms with Gasteiger partial charge in [0, 0.05) is 72.0 Å². The lowest BCUT2D eigenvalue weighted by molar-refractivity contribution is 0.696.